The fraction of sp³-hybridized carbons (Fsp3) is 0. The smallest absolute Gasteiger partial charge is 0.0541 e. The van der Waals surface area contributed by atoms with E-state index in [4.69, 9.17) is 0 Å². The van der Waals surface area contributed by atoms with Crippen LogP contribution >= 0.6 is 22.7 Å². The molecular weight excluding hydrogens is 1830 g/mol. The van der Waals surface area contributed by atoms with Crippen molar-refractivity contribution < 1.29 is 0 Å². The van der Waals surface area contributed by atoms with Crippen LogP contribution in [0.2, 0.25) is 0 Å². The van der Waals surface area contributed by atoms with E-state index < -0.39 is 0 Å². The van der Waals surface area contributed by atoms with Crippen molar-refractivity contribution in [2.24, 2.45) is 0 Å². The van der Waals surface area contributed by atoms with Crippen LogP contribution in [-0.4, -0.2) is 9.13 Å². The summed E-state index contributed by atoms with van der Waals surface area (Å²) in [5.74, 6) is 0. The molecule has 0 amide bonds. The van der Waals surface area contributed by atoms with Gasteiger partial charge in [-0.1, -0.05) is 382 Å². The minimum absolute atomic E-state index is 1.10. The first kappa shape index (κ1) is 85.9. The van der Waals surface area contributed by atoms with Crippen molar-refractivity contribution in [3.63, 3.8) is 0 Å². The lowest BCUT2D eigenvalue weighted by molar-refractivity contribution is 1.18. The average Bonchev–Trinajstić information content (AvgIpc) is 1.35. The number of anilines is 6. The van der Waals surface area contributed by atoms with E-state index in [1.165, 1.54) is 232 Å². The molecule has 0 spiro atoms. The van der Waals surface area contributed by atoms with Gasteiger partial charge in [0, 0.05) is 107 Å². The standard InChI is InChI=1S/C76H48N2S.C66H42N2S/c1-2-16-56(17-3-1)77(58-41-32-52(33-42-58)62-25-13-26-69-68-23-10-11-27-75(68)79-76(62)69)57-37-28-50(29-38-57)54-35-44-73-71(47-54)72-48-55(61-24-12-15-51-14-4-5-18-60(51)61)36-45-74(72)78(73)59-39-30-49(31-40-59)53-34-43-67-65-21-7-6-19-63(65)64-20-8-9-22-66(64)70(67)46-53;1-2-13-48(14-3-1)67(50-37-29-45(30-38-50)52-21-12-22-60-59-20-9-11-24-65(59)69-66(52)60)49-33-25-44(26-34-49)47-32-40-64-62(42-47)58-19-8-10-23-63(58)68(64)51-35-27-43(28-36-51)46-31-39-57-55-17-5-4-15-53(55)54-16-6-7-18-56(54)61(57)41-46/h1-48H;1-42H. The summed E-state index contributed by atoms with van der Waals surface area (Å²) in [7, 11) is 0. The topological polar surface area (TPSA) is 16.3 Å². The highest BCUT2D eigenvalue weighted by molar-refractivity contribution is 7.26. The maximum Gasteiger partial charge on any atom is 0.0541 e. The van der Waals surface area contributed by atoms with Crippen LogP contribution in [0.15, 0.2) is 546 Å². The molecule has 0 atom stereocenters. The molecule has 0 aliphatic rings. The normalized spacial score (nSPS) is 11.8. The maximum absolute atomic E-state index is 2.44. The van der Waals surface area contributed by atoms with Crippen molar-refractivity contribution in [3.05, 3.63) is 546 Å². The van der Waals surface area contributed by atoms with Gasteiger partial charge in [-0.3, -0.25) is 0 Å². The number of thiophene rings is 2. The fourth-order valence-electron chi connectivity index (χ4n) is 23.5. The Labute approximate surface area is 863 Å². The second-order valence-electron chi connectivity index (χ2n) is 38.8. The molecule has 690 valence electrons. The van der Waals surface area contributed by atoms with Crippen molar-refractivity contribution in [1.29, 1.82) is 0 Å². The molecule has 4 nitrogen and oxygen atoms in total. The predicted octanol–water partition coefficient (Wildman–Crippen LogP) is 41.0. The summed E-state index contributed by atoms with van der Waals surface area (Å²) < 4.78 is 10.2. The van der Waals surface area contributed by atoms with Gasteiger partial charge < -0.3 is 18.9 Å². The molecule has 4 heterocycles. The van der Waals surface area contributed by atoms with Crippen LogP contribution in [0.1, 0.15) is 0 Å². The highest BCUT2D eigenvalue weighted by Gasteiger charge is 2.24. The van der Waals surface area contributed by atoms with E-state index in [0.29, 0.717) is 0 Å². The van der Waals surface area contributed by atoms with Crippen LogP contribution in [0, 0.1) is 0 Å². The molecule has 6 heteroatoms. The number of fused-ring (bicyclic) bond motifs is 25. The Kier molecular flexibility index (Phi) is 20.7. The Balaban J connectivity index is 0.000000141. The molecule has 0 saturated heterocycles. The first-order valence-corrected chi connectivity index (χ1v) is 52.4. The first-order valence-electron chi connectivity index (χ1n) is 50.8. The SMILES string of the molecule is c1ccc(N(c2ccc(-c3ccc4c(c3)c3cc(-c5cccc6ccccc56)ccc3n4-c3ccc(-c4ccc5c6ccccc6c6ccccc6c5c4)cc3)cc2)c2ccc(-c3cccc4c3sc3ccccc34)cc2)cc1.c1ccc(N(c2ccc(-c3ccc4c(c3)c3ccccc3n4-c3ccc(-c4ccc5c6ccccc6c6ccccc6c5c4)cc3)cc2)c2ccc(-c3cccc4c3sc3ccccc34)cc2)cc1. The zero-order chi connectivity index (χ0) is 97.4. The summed E-state index contributed by atoms with van der Waals surface area (Å²) in [5, 5.41) is 28.2. The summed E-state index contributed by atoms with van der Waals surface area (Å²) in [6, 6.07) is 201. The van der Waals surface area contributed by atoms with Gasteiger partial charge in [0.15, 0.2) is 0 Å². The molecule has 30 aromatic rings. The highest BCUT2D eigenvalue weighted by atomic mass is 32.1. The zero-order valence-corrected chi connectivity index (χ0v) is 82.2. The molecular formula is C142H90N4S2. The van der Waals surface area contributed by atoms with E-state index in [2.05, 4.69) is 565 Å². The summed E-state index contributed by atoms with van der Waals surface area (Å²) in [6.45, 7) is 0. The zero-order valence-electron chi connectivity index (χ0n) is 80.6. The summed E-state index contributed by atoms with van der Waals surface area (Å²) in [5.41, 5.74) is 30.6. The molecule has 0 fully saturated rings. The molecule has 4 aromatic heterocycles. The Bertz CT molecular complexity index is 10400. The molecule has 0 unspecified atom stereocenters. The van der Waals surface area contributed by atoms with E-state index in [-0.39, 0.29) is 0 Å². The van der Waals surface area contributed by atoms with Gasteiger partial charge in [0.25, 0.3) is 0 Å². The Hall–Kier alpha value is -18.8. The number of aromatic nitrogens is 2. The van der Waals surface area contributed by atoms with Crippen LogP contribution < -0.4 is 9.80 Å². The van der Waals surface area contributed by atoms with Crippen LogP contribution in [0.3, 0.4) is 0 Å². The van der Waals surface area contributed by atoms with Gasteiger partial charge in [-0.05, 0) is 317 Å². The van der Waals surface area contributed by atoms with Crippen molar-refractivity contribution in [1.82, 2.24) is 9.13 Å². The van der Waals surface area contributed by atoms with E-state index >= 15 is 0 Å². The number of nitrogens with zero attached hydrogens (tertiary/aromatic N) is 4. The summed E-state index contributed by atoms with van der Waals surface area (Å²) in [4.78, 5) is 4.70. The Morgan fingerprint density at radius 1 is 0.135 bits per heavy atom. The highest BCUT2D eigenvalue weighted by Crippen LogP contribution is 2.50. The number of rotatable bonds is 15. The molecule has 0 aliphatic heterocycles. The Morgan fingerprint density at radius 2 is 0.385 bits per heavy atom. The molecule has 0 radical (unpaired) electrons. The van der Waals surface area contributed by atoms with E-state index in [1.54, 1.807) is 0 Å². The lowest BCUT2D eigenvalue weighted by Crippen LogP contribution is -2.09. The van der Waals surface area contributed by atoms with E-state index in [9.17, 15) is 0 Å². The monoisotopic (exact) mass is 1910 g/mol. The van der Waals surface area contributed by atoms with Gasteiger partial charge in [-0.25, -0.2) is 0 Å². The minimum Gasteiger partial charge on any atom is -0.311 e. The van der Waals surface area contributed by atoms with Gasteiger partial charge in [0.05, 0.1) is 22.1 Å². The van der Waals surface area contributed by atoms with Crippen LogP contribution in [0.5, 0.6) is 0 Å². The van der Waals surface area contributed by atoms with Crippen molar-refractivity contribution in [3.8, 4) is 89.3 Å². The lowest BCUT2D eigenvalue weighted by atomic mass is 9.92. The molecule has 0 aliphatic carbocycles. The lowest BCUT2D eigenvalue weighted by Gasteiger charge is -2.26. The average molecular weight is 1920 g/mol. The molecule has 148 heavy (non-hydrogen) atoms. The summed E-state index contributed by atoms with van der Waals surface area (Å²) in [6.07, 6.45) is 0. The maximum atomic E-state index is 2.44. The van der Waals surface area contributed by atoms with Gasteiger partial charge in [0.2, 0.25) is 0 Å². The minimum atomic E-state index is 1.10. The van der Waals surface area contributed by atoms with Crippen molar-refractivity contribution >= 4 is 216 Å². The molecule has 0 N–H and O–H groups in total. The molecule has 0 saturated carbocycles. The Morgan fingerprint density at radius 3 is 0.791 bits per heavy atom. The third kappa shape index (κ3) is 14.6. The third-order valence-corrected chi connectivity index (χ3v) is 33.0. The molecule has 30 rings (SSSR count). The van der Waals surface area contributed by atoms with Gasteiger partial charge >= 0.3 is 0 Å². The molecule has 26 aromatic carbocycles. The predicted molar refractivity (Wildman–Crippen MR) is 637 cm³/mol. The second kappa shape index (κ2) is 35.6. The summed E-state index contributed by atoms with van der Waals surface area (Å²) >= 11 is 3.75. The largest absolute Gasteiger partial charge is 0.311 e. The number of hydrogen-bond donors (Lipinski definition) is 0. The fourth-order valence-corrected chi connectivity index (χ4v) is 26.0. The van der Waals surface area contributed by atoms with Gasteiger partial charge in [0.1, 0.15) is 0 Å². The quantitative estimate of drug-likeness (QED) is 0.0951. The molecule has 0 bridgehead atoms. The van der Waals surface area contributed by atoms with Crippen molar-refractivity contribution in [2.45, 2.75) is 0 Å². The van der Waals surface area contributed by atoms with Crippen molar-refractivity contribution in [2.75, 3.05) is 9.80 Å². The van der Waals surface area contributed by atoms with E-state index in [0.717, 1.165) is 51.1 Å². The van der Waals surface area contributed by atoms with Gasteiger partial charge in [-0.2, -0.15) is 0 Å². The van der Waals surface area contributed by atoms with Crippen LogP contribution in [0.25, 0.3) is 249 Å². The van der Waals surface area contributed by atoms with Crippen LogP contribution in [0.4, 0.5) is 34.1 Å². The first-order chi connectivity index (χ1) is 73.4. The third-order valence-electron chi connectivity index (χ3n) is 30.6. The van der Waals surface area contributed by atoms with E-state index in [1.807, 2.05) is 22.7 Å². The number of para-hydroxylation sites is 3. The van der Waals surface area contributed by atoms with Crippen LogP contribution in [-0.2, 0) is 0 Å². The number of benzene rings is 26. The second-order valence-corrected chi connectivity index (χ2v) is 40.9. The van der Waals surface area contributed by atoms with Gasteiger partial charge in [-0.15, -0.1) is 22.7 Å². The number of hydrogen-bond acceptors (Lipinski definition) is 4.